The van der Waals surface area contributed by atoms with Gasteiger partial charge in [-0.1, -0.05) is 35.9 Å². The van der Waals surface area contributed by atoms with Crippen molar-refractivity contribution in [1.29, 1.82) is 0 Å². The van der Waals surface area contributed by atoms with E-state index in [1.165, 1.54) is 10.4 Å². The molecule has 3 heterocycles. The van der Waals surface area contributed by atoms with Crippen molar-refractivity contribution in [2.24, 2.45) is 0 Å². The highest BCUT2D eigenvalue weighted by Crippen LogP contribution is 2.35. The monoisotopic (exact) mass is 500 g/mol. The molecule has 0 atom stereocenters. The molecule has 33 heavy (non-hydrogen) atoms. The third kappa shape index (κ3) is 5.09. The van der Waals surface area contributed by atoms with E-state index in [-0.39, 0.29) is 18.5 Å². The minimum absolute atomic E-state index is 0. The number of anilines is 2. The van der Waals surface area contributed by atoms with Gasteiger partial charge in [-0.05, 0) is 66.1 Å². The van der Waals surface area contributed by atoms with Crippen LogP contribution in [0.25, 0.3) is 21.2 Å². The van der Waals surface area contributed by atoms with Crippen LogP contribution in [0.1, 0.15) is 24.0 Å². The van der Waals surface area contributed by atoms with E-state index < -0.39 is 0 Å². The average molecular weight is 501 g/mol. The first-order valence-electron chi connectivity index (χ1n) is 10.8. The second kappa shape index (κ2) is 10.3. The van der Waals surface area contributed by atoms with Crippen molar-refractivity contribution in [2.45, 2.75) is 32.4 Å². The molecule has 5 rings (SSSR count). The van der Waals surface area contributed by atoms with Crippen molar-refractivity contribution in [3.63, 3.8) is 0 Å². The van der Waals surface area contributed by atoms with Gasteiger partial charge in [-0.2, -0.15) is 0 Å². The first-order chi connectivity index (χ1) is 15.6. The van der Waals surface area contributed by atoms with E-state index in [1.807, 2.05) is 19.1 Å². The molecule has 0 aliphatic carbocycles. The number of fused-ring (bicyclic) bond motifs is 1. The SMILES string of the molecule is Cc1ccc(CNc2nnc(N3CCC(O)CC3)c3ccc(-c4cccs4)cc23)cc1Cl.Cl. The Morgan fingerprint density at radius 1 is 1.09 bits per heavy atom. The number of piperidine rings is 1. The quantitative estimate of drug-likeness (QED) is 0.335. The van der Waals surface area contributed by atoms with Crippen LogP contribution in [-0.4, -0.2) is 34.5 Å². The second-order valence-corrected chi connectivity index (χ2v) is 9.62. The Bertz CT molecular complexity index is 1240. The molecular weight excluding hydrogens is 475 g/mol. The number of aryl methyl sites for hydroxylation is 1. The maximum absolute atomic E-state index is 9.91. The van der Waals surface area contributed by atoms with Crippen LogP contribution in [0.15, 0.2) is 53.9 Å². The third-order valence-corrected chi connectivity index (χ3v) is 7.35. The van der Waals surface area contributed by atoms with Gasteiger partial charge in [0.1, 0.15) is 0 Å². The zero-order valence-electron chi connectivity index (χ0n) is 18.3. The predicted octanol–water partition coefficient (Wildman–Crippen LogP) is 6.32. The van der Waals surface area contributed by atoms with Gasteiger partial charge in [0.25, 0.3) is 0 Å². The Morgan fingerprint density at radius 3 is 2.64 bits per heavy atom. The van der Waals surface area contributed by atoms with E-state index in [2.05, 4.69) is 62.2 Å². The molecule has 2 aromatic heterocycles. The Labute approximate surface area is 208 Å². The number of aliphatic hydroxyl groups is 1. The first kappa shape index (κ1) is 23.8. The maximum Gasteiger partial charge on any atom is 0.159 e. The highest BCUT2D eigenvalue weighted by Gasteiger charge is 2.21. The number of nitrogens with one attached hydrogen (secondary N) is 1. The lowest BCUT2D eigenvalue weighted by Crippen LogP contribution is -2.36. The summed E-state index contributed by atoms with van der Waals surface area (Å²) in [6, 6.07) is 16.8. The summed E-state index contributed by atoms with van der Waals surface area (Å²) >= 11 is 8.03. The van der Waals surface area contributed by atoms with Crippen LogP contribution in [-0.2, 0) is 6.54 Å². The number of benzene rings is 2. The predicted molar refractivity (Wildman–Crippen MR) is 141 cm³/mol. The zero-order chi connectivity index (χ0) is 22.1. The van der Waals surface area contributed by atoms with E-state index in [1.54, 1.807) is 11.3 Å². The second-order valence-electron chi connectivity index (χ2n) is 8.27. The van der Waals surface area contributed by atoms with Crippen molar-refractivity contribution in [3.8, 4) is 10.4 Å². The van der Waals surface area contributed by atoms with E-state index >= 15 is 0 Å². The summed E-state index contributed by atoms with van der Waals surface area (Å²) in [5.41, 5.74) is 3.33. The van der Waals surface area contributed by atoms with E-state index in [9.17, 15) is 5.11 Å². The topological polar surface area (TPSA) is 61.3 Å². The number of aliphatic hydroxyl groups excluding tert-OH is 1. The minimum atomic E-state index is -0.224. The highest BCUT2D eigenvalue weighted by atomic mass is 35.5. The van der Waals surface area contributed by atoms with Crippen molar-refractivity contribution >= 4 is 57.8 Å². The summed E-state index contributed by atoms with van der Waals surface area (Å²) < 4.78 is 0. The highest BCUT2D eigenvalue weighted by molar-refractivity contribution is 7.13. The molecule has 0 bridgehead atoms. The van der Waals surface area contributed by atoms with Crippen LogP contribution < -0.4 is 10.2 Å². The van der Waals surface area contributed by atoms with E-state index in [0.717, 1.165) is 64.5 Å². The summed E-state index contributed by atoms with van der Waals surface area (Å²) in [6.07, 6.45) is 1.29. The first-order valence-corrected chi connectivity index (χ1v) is 12.1. The van der Waals surface area contributed by atoms with Crippen LogP contribution in [0.3, 0.4) is 0 Å². The summed E-state index contributed by atoms with van der Waals surface area (Å²) in [7, 11) is 0. The van der Waals surface area contributed by atoms with E-state index in [0.29, 0.717) is 6.54 Å². The van der Waals surface area contributed by atoms with Crippen molar-refractivity contribution < 1.29 is 5.11 Å². The Balaban J connectivity index is 0.00000259. The largest absolute Gasteiger partial charge is 0.393 e. The fourth-order valence-corrected chi connectivity index (χ4v) is 5.04. The summed E-state index contributed by atoms with van der Waals surface area (Å²) in [5.74, 6) is 1.64. The molecule has 2 aromatic carbocycles. The van der Waals surface area contributed by atoms with Crippen LogP contribution >= 0.6 is 35.3 Å². The van der Waals surface area contributed by atoms with Crippen LogP contribution in [0.5, 0.6) is 0 Å². The fourth-order valence-electron chi connectivity index (χ4n) is 4.11. The van der Waals surface area contributed by atoms with Gasteiger partial charge in [0.2, 0.25) is 0 Å². The zero-order valence-corrected chi connectivity index (χ0v) is 20.7. The number of hydrogen-bond donors (Lipinski definition) is 2. The van der Waals surface area contributed by atoms with Gasteiger partial charge >= 0.3 is 0 Å². The standard InChI is InChI=1S/C25H25ClN4OS.ClH/c1-16-4-5-17(13-22(16)26)15-27-24-21-14-18(23-3-2-12-32-23)6-7-20(21)25(29-28-24)30-10-8-19(31)9-11-30;/h2-7,12-14,19,31H,8-11,15H2,1H3,(H,27,28);1H. The normalized spacial score (nSPS) is 14.3. The molecule has 1 aliphatic rings. The molecule has 2 N–H and O–H groups in total. The molecule has 8 heteroatoms. The Morgan fingerprint density at radius 2 is 1.91 bits per heavy atom. The van der Waals surface area contributed by atoms with Crippen LogP contribution in [0.4, 0.5) is 11.6 Å². The van der Waals surface area contributed by atoms with Gasteiger partial charge in [-0.25, -0.2) is 0 Å². The molecular formula is C25H26Cl2N4OS. The molecule has 1 fully saturated rings. The number of thiophene rings is 1. The van der Waals surface area contributed by atoms with Gasteiger partial charge in [-0.3, -0.25) is 0 Å². The van der Waals surface area contributed by atoms with Crippen LogP contribution in [0.2, 0.25) is 5.02 Å². The van der Waals surface area contributed by atoms with E-state index in [4.69, 9.17) is 11.6 Å². The molecule has 0 spiro atoms. The maximum atomic E-state index is 9.91. The smallest absolute Gasteiger partial charge is 0.159 e. The van der Waals surface area contributed by atoms with Gasteiger partial charge in [0.05, 0.1) is 6.10 Å². The molecule has 0 amide bonds. The lowest BCUT2D eigenvalue weighted by molar-refractivity contribution is 0.145. The molecule has 1 aliphatic heterocycles. The summed E-state index contributed by atoms with van der Waals surface area (Å²) in [4.78, 5) is 3.46. The van der Waals surface area contributed by atoms with Crippen molar-refractivity contribution in [1.82, 2.24) is 10.2 Å². The lowest BCUT2D eigenvalue weighted by atomic mass is 10.0. The Hall–Kier alpha value is -2.38. The number of halogens is 2. The van der Waals surface area contributed by atoms with Crippen molar-refractivity contribution in [2.75, 3.05) is 23.3 Å². The molecule has 4 aromatic rings. The number of aromatic nitrogens is 2. The molecule has 5 nitrogen and oxygen atoms in total. The lowest BCUT2D eigenvalue weighted by Gasteiger charge is -2.31. The summed E-state index contributed by atoms with van der Waals surface area (Å²) in [6.45, 7) is 4.18. The molecule has 1 saturated heterocycles. The van der Waals surface area contributed by atoms with Crippen molar-refractivity contribution in [3.05, 3.63) is 70.1 Å². The fraction of sp³-hybridized carbons (Fsp3) is 0.280. The Kier molecular flexibility index (Phi) is 7.39. The van der Waals surface area contributed by atoms with Gasteiger partial charge < -0.3 is 15.3 Å². The van der Waals surface area contributed by atoms with Gasteiger partial charge in [0, 0.05) is 40.3 Å². The molecule has 0 saturated carbocycles. The number of hydrogen-bond acceptors (Lipinski definition) is 6. The van der Waals surface area contributed by atoms with Crippen LogP contribution in [0, 0.1) is 6.92 Å². The molecule has 172 valence electrons. The molecule has 0 unspecified atom stereocenters. The van der Waals surface area contributed by atoms with Gasteiger partial charge in [-0.15, -0.1) is 33.9 Å². The number of nitrogens with zero attached hydrogens (tertiary/aromatic N) is 3. The summed E-state index contributed by atoms with van der Waals surface area (Å²) in [5, 5.41) is 27.5. The molecule has 0 radical (unpaired) electrons. The number of rotatable bonds is 5. The third-order valence-electron chi connectivity index (χ3n) is 6.03. The van der Waals surface area contributed by atoms with Gasteiger partial charge in [0.15, 0.2) is 11.6 Å². The minimum Gasteiger partial charge on any atom is -0.393 e. The average Bonchev–Trinajstić information content (AvgIpc) is 3.35.